The molecule has 1 aromatic carbocycles. The lowest BCUT2D eigenvalue weighted by Gasteiger charge is -2.11. The fourth-order valence-electron chi connectivity index (χ4n) is 1.63. The number of aromatic nitrogens is 2. The second kappa shape index (κ2) is 5.15. The summed E-state index contributed by atoms with van der Waals surface area (Å²) in [5, 5.41) is 3.55. The summed E-state index contributed by atoms with van der Waals surface area (Å²) in [7, 11) is 0. The Bertz CT molecular complexity index is 526. The van der Waals surface area contributed by atoms with Crippen LogP contribution in [0.25, 0.3) is 0 Å². The van der Waals surface area contributed by atoms with Crippen molar-refractivity contribution >= 4 is 23.1 Å². The number of para-hydroxylation sites is 1. The summed E-state index contributed by atoms with van der Waals surface area (Å²) in [4.78, 5) is 8.12. The molecule has 1 heterocycles. The van der Waals surface area contributed by atoms with E-state index in [1.54, 1.807) is 6.20 Å². The maximum atomic E-state index is 5.79. The number of nitrogens with zero attached hydrogens (tertiary/aromatic N) is 2. The molecule has 3 nitrogen and oxygen atoms in total. The monoisotopic (exact) mass is 247 g/mol. The van der Waals surface area contributed by atoms with Crippen molar-refractivity contribution in [3.8, 4) is 0 Å². The van der Waals surface area contributed by atoms with Gasteiger partial charge >= 0.3 is 0 Å². The van der Waals surface area contributed by atoms with Crippen molar-refractivity contribution in [2.45, 2.75) is 20.3 Å². The minimum Gasteiger partial charge on any atom is -0.340 e. The van der Waals surface area contributed by atoms with Crippen LogP contribution in [-0.4, -0.2) is 9.97 Å². The van der Waals surface area contributed by atoms with Crippen molar-refractivity contribution in [3.05, 3.63) is 46.9 Å². The number of hydrogen-bond donors (Lipinski definition) is 1. The number of aryl methyl sites for hydroxylation is 2. The molecule has 0 bridgehead atoms. The van der Waals surface area contributed by atoms with Gasteiger partial charge in [0.2, 0.25) is 5.28 Å². The summed E-state index contributed by atoms with van der Waals surface area (Å²) < 4.78 is 0. The Balaban J connectivity index is 2.34. The normalized spacial score (nSPS) is 10.3. The van der Waals surface area contributed by atoms with Crippen LogP contribution in [0.1, 0.15) is 18.1 Å². The SMILES string of the molecule is CCc1ccccc1Nc1nc(Cl)ncc1C. The van der Waals surface area contributed by atoms with Gasteiger partial charge in [0.15, 0.2) is 0 Å². The third-order valence-corrected chi connectivity index (χ3v) is 2.78. The van der Waals surface area contributed by atoms with Crippen molar-refractivity contribution < 1.29 is 0 Å². The van der Waals surface area contributed by atoms with Gasteiger partial charge < -0.3 is 5.32 Å². The van der Waals surface area contributed by atoms with Crippen LogP contribution in [-0.2, 0) is 6.42 Å². The first-order valence-electron chi connectivity index (χ1n) is 5.54. The number of hydrogen-bond acceptors (Lipinski definition) is 3. The van der Waals surface area contributed by atoms with Gasteiger partial charge in [-0.1, -0.05) is 25.1 Å². The van der Waals surface area contributed by atoms with Gasteiger partial charge in [-0.15, -0.1) is 0 Å². The molecule has 0 saturated heterocycles. The van der Waals surface area contributed by atoms with Gasteiger partial charge in [0.1, 0.15) is 5.82 Å². The molecule has 17 heavy (non-hydrogen) atoms. The minimum atomic E-state index is 0.257. The van der Waals surface area contributed by atoms with Crippen LogP contribution in [0, 0.1) is 6.92 Å². The third kappa shape index (κ3) is 2.74. The van der Waals surface area contributed by atoms with Crippen LogP contribution in [0.5, 0.6) is 0 Å². The van der Waals surface area contributed by atoms with Crippen molar-refractivity contribution in [1.29, 1.82) is 0 Å². The highest BCUT2D eigenvalue weighted by Crippen LogP contribution is 2.22. The average Bonchev–Trinajstić information content (AvgIpc) is 2.34. The first-order chi connectivity index (χ1) is 8.20. The lowest BCUT2D eigenvalue weighted by atomic mass is 10.1. The second-order valence-corrected chi connectivity index (χ2v) is 4.14. The maximum Gasteiger partial charge on any atom is 0.224 e. The van der Waals surface area contributed by atoms with Crippen LogP contribution in [0.15, 0.2) is 30.5 Å². The number of anilines is 2. The number of halogens is 1. The van der Waals surface area contributed by atoms with Gasteiger partial charge in [0, 0.05) is 17.4 Å². The van der Waals surface area contributed by atoms with Crippen LogP contribution >= 0.6 is 11.6 Å². The zero-order valence-corrected chi connectivity index (χ0v) is 10.6. The molecule has 1 N–H and O–H groups in total. The van der Waals surface area contributed by atoms with Crippen molar-refractivity contribution in [2.75, 3.05) is 5.32 Å². The Morgan fingerprint density at radius 3 is 2.82 bits per heavy atom. The molecule has 0 aliphatic carbocycles. The zero-order valence-electron chi connectivity index (χ0n) is 9.87. The molecule has 0 radical (unpaired) electrons. The second-order valence-electron chi connectivity index (χ2n) is 3.81. The fraction of sp³-hybridized carbons (Fsp3) is 0.231. The largest absolute Gasteiger partial charge is 0.340 e. The van der Waals surface area contributed by atoms with Crippen LogP contribution in [0.2, 0.25) is 5.28 Å². The summed E-state index contributed by atoms with van der Waals surface area (Å²) in [5.74, 6) is 0.755. The van der Waals surface area contributed by atoms with E-state index in [-0.39, 0.29) is 5.28 Å². The molecular weight excluding hydrogens is 234 g/mol. The van der Waals surface area contributed by atoms with E-state index in [4.69, 9.17) is 11.6 Å². The van der Waals surface area contributed by atoms with E-state index in [9.17, 15) is 0 Å². The molecule has 2 aromatic rings. The third-order valence-electron chi connectivity index (χ3n) is 2.59. The van der Waals surface area contributed by atoms with Crippen LogP contribution in [0.4, 0.5) is 11.5 Å². The first-order valence-corrected chi connectivity index (χ1v) is 5.92. The Hall–Kier alpha value is -1.61. The van der Waals surface area contributed by atoms with Gasteiger partial charge in [0.25, 0.3) is 0 Å². The molecule has 0 spiro atoms. The molecule has 0 atom stereocenters. The molecule has 0 amide bonds. The molecule has 0 fully saturated rings. The highest BCUT2D eigenvalue weighted by molar-refractivity contribution is 6.28. The van der Waals surface area contributed by atoms with Crippen LogP contribution in [0.3, 0.4) is 0 Å². The molecule has 0 saturated carbocycles. The Kier molecular flexibility index (Phi) is 3.59. The fourth-order valence-corrected chi connectivity index (χ4v) is 1.76. The van der Waals surface area contributed by atoms with E-state index < -0.39 is 0 Å². The molecule has 4 heteroatoms. The predicted molar refractivity (Wildman–Crippen MR) is 70.9 cm³/mol. The van der Waals surface area contributed by atoms with E-state index in [0.29, 0.717) is 0 Å². The highest BCUT2D eigenvalue weighted by atomic mass is 35.5. The van der Waals surface area contributed by atoms with Gasteiger partial charge in [-0.2, -0.15) is 0 Å². The summed E-state index contributed by atoms with van der Waals surface area (Å²) in [6, 6.07) is 8.16. The van der Waals surface area contributed by atoms with Crippen molar-refractivity contribution in [2.24, 2.45) is 0 Å². The summed E-state index contributed by atoms with van der Waals surface area (Å²) in [6.45, 7) is 4.08. The molecule has 0 unspecified atom stereocenters. The van der Waals surface area contributed by atoms with E-state index >= 15 is 0 Å². The summed E-state index contributed by atoms with van der Waals surface area (Å²) in [5.41, 5.74) is 3.29. The molecular formula is C13H14ClN3. The minimum absolute atomic E-state index is 0.257. The lowest BCUT2D eigenvalue weighted by molar-refractivity contribution is 1.11. The number of benzene rings is 1. The van der Waals surface area contributed by atoms with E-state index in [1.807, 2.05) is 25.1 Å². The predicted octanol–water partition coefficient (Wildman–Crippen LogP) is 3.74. The Morgan fingerprint density at radius 2 is 2.06 bits per heavy atom. The van der Waals surface area contributed by atoms with Gasteiger partial charge in [-0.05, 0) is 36.6 Å². The molecule has 0 aliphatic rings. The number of nitrogens with one attached hydrogen (secondary N) is 1. The smallest absolute Gasteiger partial charge is 0.224 e. The Morgan fingerprint density at radius 1 is 1.29 bits per heavy atom. The lowest BCUT2D eigenvalue weighted by Crippen LogP contribution is -2.00. The van der Waals surface area contributed by atoms with Crippen molar-refractivity contribution in [1.82, 2.24) is 9.97 Å². The van der Waals surface area contributed by atoms with Gasteiger partial charge in [-0.3, -0.25) is 0 Å². The standard InChI is InChI=1S/C13H14ClN3/c1-3-10-6-4-5-7-11(10)16-12-9(2)8-15-13(14)17-12/h4-8H,3H2,1-2H3,(H,15,16,17). The van der Waals surface area contributed by atoms with Crippen molar-refractivity contribution in [3.63, 3.8) is 0 Å². The molecule has 88 valence electrons. The molecule has 1 aromatic heterocycles. The van der Waals surface area contributed by atoms with Gasteiger partial charge in [-0.25, -0.2) is 9.97 Å². The zero-order chi connectivity index (χ0) is 12.3. The Labute approximate surface area is 106 Å². The van der Waals surface area contributed by atoms with E-state index in [2.05, 4.69) is 28.3 Å². The maximum absolute atomic E-state index is 5.79. The topological polar surface area (TPSA) is 37.8 Å². The van der Waals surface area contributed by atoms with E-state index in [0.717, 1.165) is 23.5 Å². The summed E-state index contributed by atoms with van der Waals surface area (Å²) >= 11 is 5.79. The molecule has 2 rings (SSSR count). The first kappa shape index (κ1) is 11.9. The quantitative estimate of drug-likeness (QED) is 0.840. The number of rotatable bonds is 3. The average molecular weight is 248 g/mol. The van der Waals surface area contributed by atoms with Crippen LogP contribution < -0.4 is 5.32 Å². The highest BCUT2D eigenvalue weighted by Gasteiger charge is 2.05. The molecule has 0 aliphatic heterocycles. The van der Waals surface area contributed by atoms with E-state index in [1.165, 1.54) is 5.56 Å². The van der Waals surface area contributed by atoms with Gasteiger partial charge in [0.05, 0.1) is 0 Å². The summed E-state index contributed by atoms with van der Waals surface area (Å²) in [6.07, 6.45) is 2.69.